The average Bonchev–Trinajstić information content (AvgIpc) is 1.99. The van der Waals surface area contributed by atoms with Gasteiger partial charge in [0.2, 0.25) is 0 Å². The lowest BCUT2D eigenvalue weighted by molar-refractivity contribution is -0.133. The summed E-state index contributed by atoms with van der Waals surface area (Å²) < 4.78 is 14.3. The number of carbonyl (C=O) groups is 1. The Labute approximate surface area is 67.7 Å². The van der Waals surface area contributed by atoms with Crippen LogP contribution in [0.4, 0.5) is 0 Å². The molecule has 0 saturated carbocycles. The minimum absolute atomic E-state index is 0.344. The van der Waals surface area contributed by atoms with Crippen molar-refractivity contribution >= 4 is 15.5 Å². The normalized spacial score (nSPS) is 9.82. The van der Waals surface area contributed by atoms with Gasteiger partial charge in [-0.1, -0.05) is 6.58 Å². The molecular weight excluding hydrogens is 164 g/mol. The number of rotatable bonds is 4. The molecule has 0 unspecified atom stereocenters. The number of hydrogen-bond donors (Lipinski definition) is 0. The van der Waals surface area contributed by atoms with Crippen LogP contribution in [0.5, 0.6) is 0 Å². The predicted molar refractivity (Wildman–Crippen MR) is 42.1 cm³/mol. The van der Waals surface area contributed by atoms with Crippen LogP contribution >= 0.6 is 0 Å². The molecule has 0 aromatic carbocycles. The van der Waals surface area contributed by atoms with Gasteiger partial charge in [-0.3, -0.25) is 0 Å². The van der Waals surface area contributed by atoms with Crippen LogP contribution in [0.3, 0.4) is 0 Å². The predicted octanol–water partition coefficient (Wildman–Crippen LogP) is 0.116. The van der Waals surface area contributed by atoms with Gasteiger partial charge in [0.05, 0.1) is 0 Å². The lowest BCUT2D eigenvalue weighted by Crippen LogP contribution is -2.27. The van der Waals surface area contributed by atoms with Crippen LogP contribution in [-0.4, -0.2) is 29.7 Å². The maximum Gasteiger partial charge on any atom is 0.551 e. The van der Waals surface area contributed by atoms with Crippen molar-refractivity contribution in [3.63, 3.8) is 0 Å². The van der Waals surface area contributed by atoms with E-state index in [-0.39, 0.29) is 0 Å². The lowest BCUT2D eigenvalue weighted by Gasteiger charge is -2.10. The van der Waals surface area contributed by atoms with Gasteiger partial charge in [-0.2, -0.15) is 0 Å². The molecule has 4 nitrogen and oxygen atoms in total. The molecule has 5 heteroatoms. The zero-order chi connectivity index (χ0) is 8.85. The Morgan fingerprint density at radius 2 is 1.82 bits per heavy atom. The summed E-state index contributed by atoms with van der Waals surface area (Å²) in [6.07, 6.45) is 0. The second-order valence-electron chi connectivity index (χ2n) is 1.95. The molecule has 0 aliphatic heterocycles. The van der Waals surface area contributed by atoms with Crippen LogP contribution in [0, 0.1) is 0 Å². The molecule has 0 bridgehead atoms. The highest BCUT2D eigenvalue weighted by atomic mass is 28.3. The standard InChI is InChI=1S/C6H12O4Si/c1-5(2)6(7)10-11(8-3)9-4/h11H,1H2,2-4H3. The van der Waals surface area contributed by atoms with Crippen LogP contribution in [-0.2, 0) is 18.1 Å². The van der Waals surface area contributed by atoms with E-state index in [0.29, 0.717) is 5.57 Å². The largest absolute Gasteiger partial charge is 0.551 e. The molecule has 64 valence electrons. The van der Waals surface area contributed by atoms with E-state index in [1.54, 1.807) is 6.92 Å². The number of hydrogen-bond acceptors (Lipinski definition) is 4. The van der Waals surface area contributed by atoms with Gasteiger partial charge in [0.15, 0.2) is 0 Å². The van der Waals surface area contributed by atoms with Gasteiger partial charge in [-0.15, -0.1) is 0 Å². The lowest BCUT2D eigenvalue weighted by atomic mass is 10.4. The molecule has 0 saturated heterocycles. The van der Waals surface area contributed by atoms with E-state index in [1.165, 1.54) is 14.2 Å². The zero-order valence-electron chi connectivity index (χ0n) is 6.92. The highest BCUT2D eigenvalue weighted by Gasteiger charge is 2.16. The molecule has 0 aromatic rings. The Bertz CT molecular complexity index is 153. The Balaban J connectivity index is 3.81. The Hall–Kier alpha value is -0.653. The first-order valence-electron chi connectivity index (χ1n) is 3.04. The van der Waals surface area contributed by atoms with Crippen molar-refractivity contribution in [3.8, 4) is 0 Å². The van der Waals surface area contributed by atoms with E-state index < -0.39 is 15.5 Å². The van der Waals surface area contributed by atoms with Gasteiger partial charge >= 0.3 is 15.5 Å². The second-order valence-corrected chi connectivity index (χ2v) is 3.70. The van der Waals surface area contributed by atoms with Crippen LogP contribution in [0.15, 0.2) is 12.2 Å². The van der Waals surface area contributed by atoms with Crippen LogP contribution in [0.2, 0.25) is 0 Å². The molecule has 0 N–H and O–H groups in total. The van der Waals surface area contributed by atoms with E-state index in [4.69, 9.17) is 13.3 Å². The smallest absolute Gasteiger partial charge is 0.472 e. The zero-order valence-corrected chi connectivity index (χ0v) is 8.07. The van der Waals surface area contributed by atoms with Crippen molar-refractivity contribution < 1.29 is 18.1 Å². The van der Waals surface area contributed by atoms with Crippen molar-refractivity contribution in [1.82, 2.24) is 0 Å². The quantitative estimate of drug-likeness (QED) is 0.450. The average molecular weight is 176 g/mol. The van der Waals surface area contributed by atoms with Gasteiger partial charge in [0, 0.05) is 19.8 Å². The maximum atomic E-state index is 10.8. The van der Waals surface area contributed by atoms with E-state index >= 15 is 0 Å². The molecule has 0 heterocycles. The SMILES string of the molecule is C=C(C)C(=O)O[SiH](OC)OC. The molecule has 0 aliphatic carbocycles. The van der Waals surface area contributed by atoms with Gasteiger partial charge < -0.3 is 13.3 Å². The summed E-state index contributed by atoms with van der Waals surface area (Å²) in [6.45, 7) is 4.98. The molecule has 0 radical (unpaired) electrons. The third kappa shape index (κ3) is 3.92. The summed E-state index contributed by atoms with van der Waals surface area (Å²) in [5.41, 5.74) is 0.344. The highest BCUT2D eigenvalue weighted by molar-refractivity contribution is 6.39. The third-order valence-corrected chi connectivity index (χ3v) is 2.11. The van der Waals surface area contributed by atoms with E-state index in [1.807, 2.05) is 0 Å². The number of carbonyl (C=O) groups excluding carboxylic acids is 1. The monoisotopic (exact) mass is 176 g/mol. The molecule has 0 spiro atoms. The maximum absolute atomic E-state index is 10.8. The fourth-order valence-corrected chi connectivity index (χ4v) is 1.14. The van der Waals surface area contributed by atoms with Crippen molar-refractivity contribution in [2.75, 3.05) is 14.2 Å². The van der Waals surface area contributed by atoms with Crippen molar-refractivity contribution in [2.45, 2.75) is 6.92 Å². The summed E-state index contributed by atoms with van der Waals surface area (Å²) >= 11 is 0. The van der Waals surface area contributed by atoms with Crippen LogP contribution in [0.25, 0.3) is 0 Å². The second kappa shape index (κ2) is 5.06. The summed E-state index contributed by atoms with van der Waals surface area (Å²) in [7, 11) is 0.657. The molecular formula is C6H12O4Si. The molecule has 0 fully saturated rings. The molecule has 0 aliphatic rings. The minimum atomic E-state index is -2.22. The molecule has 11 heavy (non-hydrogen) atoms. The fraction of sp³-hybridized carbons (Fsp3) is 0.500. The van der Waals surface area contributed by atoms with Gasteiger partial charge in [0.25, 0.3) is 0 Å². The summed E-state index contributed by atoms with van der Waals surface area (Å²) in [4.78, 5) is 10.8. The third-order valence-electron chi connectivity index (χ3n) is 0.937. The first kappa shape index (κ1) is 10.3. The highest BCUT2D eigenvalue weighted by Crippen LogP contribution is 1.95. The van der Waals surface area contributed by atoms with E-state index in [0.717, 1.165) is 0 Å². The molecule has 0 aromatic heterocycles. The summed E-state index contributed by atoms with van der Waals surface area (Å²) in [6, 6.07) is 0. The van der Waals surface area contributed by atoms with Crippen molar-refractivity contribution in [3.05, 3.63) is 12.2 Å². The van der Waals surface area contributed by atoms with Crippen molar-refractivity contribution in [2.24, 2.45) is 0 Å². The summed E-state index contributed by atoms with van der Waals surface area (Å²) in [5.74, 6) is -0.467. The molecule has 0 rings (SSSR count). The molecule has 0 atom stereocenters. The first-order valence-corrected chi connectivity index (χ1v) is 4.45. The van der Waals surface area contributed by atoms with Gasteiger partial charge in [0.1, 0.15) is 0 Å². The van der Waals surface area contributed by atoms with Crippen LogP contribution < -0.4 is 0 Å². The van der Waals surface area contributed by atoms with Crippen molar-refractivity contribution in [1.29, 1.82) is 0 Å². The first-order chi connectivity index (χ1) is 5.11. The van der Waals surface area contributed by atoms with Crippen LogP contribution in [0.1, 0.15) is 6.92 Å². The fourth-order valence-electron chi connectivity index (χ4n) is 0.380. The molecule has 0 amide bonds. The van der Waals surface area contributed by atoms with E-state index in [9.17, 15) is 4.79 Å². The minimum Gasteiger partial charge on any atom is -0.472 e. The van der Waals surface area contributed by atoms with E-state index in [2.05, 4.69) is 6.58 Å². The summed E-state index contributed by atoms with van der Waals surface area (Å²) in [5, 5.41) is 0. The van der Waals surface area contributed by atoms with Gasteiger partial charge in [-0.05, 0) is 6.92 Å². The Kier molecular flexibility index (Phi) is 4.76. The Morgan fingerprint density at radius 3 is 2.09 bits per heavy atom. The topological polar surface area (TPSA) is 44.8 Å². The Morgan fingerprint density at radius 1 is 1.36 bits per heavy atom. The van der Waals surface area contributed by atoms with Gasteiger partial charge in [-0.25, -0.2) is 4.79 Å².